The number of hydrogen-bond acceptors (Lipinski definition) is 5. The molecule has 1 unspecified atom stereocenters. The fourth-order valence-electron chi connectivity index (χ4n) is 2.64. The Labute approximate surface area is 127 Å². The largest absolute Gasteiger partial charge is 0.463 e. The minimum atomic E-state index is -2.84. The lowest BCUT2D eigenvalue weighted by molar-refractivity contribution is 0.231. The normalized spacial score (nSPS) is 21.5. The molecule has 2 heterocycles. The quantitative estimate of drug-likeness (QED) is 0.866. The summed E-state index contributed by atoms with van der Waals surface area (Å²) >= 11 is 0. The maximum absolute atomic E-state index is 11.5. The molecule has 1 aromatic rings. The van der Waals surface area contributed by atoms with E-state index in [0.717, 1.165) is 30.0 Å². The standard InChI is InChI=1S/C15H26N2O3S/c1-11(2)16-8-15-12(3)7-14(20-15)9-17(4)13-5-6-21(18,19)10-13/h7,11,13,16H,5-6,8-10H2,1-4H3. The Kier molecular flexibility index (Phi) is 5.11. The summed E-state index contributed by atoms with van der Waals surface area (Å²) in [6.45, 7) is 7.64. The molecule has 6 heteroatoms. The maximum Gasteiger partial charge on any atom is 0.151 e. The van der Waals surface area contributed by atoms with Crippen molar-refractivity contribution in [3.63, 3.8) is 0 Å². The fraction of sp³-hybridized carbons (Fsp3) is 0.733. The summed E-state index contributed by atoms with van der Waals surface area (Å²) in [5.41, 5.74) is 1.14. The molecule has 2 rings (SSSR count). The second-order valence-electron chi connectivity index (χ2n) is 6.33. The first-order valence-electron chi connectivity index (χ1n) is 7.49. The molecule has 0 aliphatic carbocycles. The van der Waals surface area contributed by atoms with Gasteiger partial charge in [0, 0.05) is 12.1 Å². The molecule has 0 radical (unpaired) electrons. The molecule has 1 atom stereocenters. The summed E-state index contributed by atoms with van der Waals surface area (Å²) in [5, 5.41) is 3.35. The van der Waals surface area contributed by atoms with Crippen molar-refractivity contribution in [3.8, 4) is 0 Å². The Balaban J connectivity index is 1.95. The van der Waals surface area contributed by atoms with Crippen molar-refractivity contribution < 1.29 is 12.8 Å². The zero-order valence-corrected chi connectivity index (χ0v) is 14.2. The molecule has 0 saturated carbocycles. The van der Waals surface area contributed by atoms with Crippen molar-refractivity contribution in [2.24, 2.45) is 0 Å². The van der Waals surface area contributed by atoms with E-state index in [1.54, 1.807) is 0 Å². The highest BCUT2D eigenvalue weighted by Gasteiger charge is 2.30. The van der Waals surface area contributed by atoms with Gasteiger partial charge in [0.2, 0.25) is 0 Å². The second kappa shape index (κ2) is 6.50. The van der Waals surface area contributed by atoms with Gasteiger partial charge in [-0.2, -0.15) is 0 Å². The first-order chi connectivity index (χ1) is 9.77. The van der Waals surface area contributed by atoms with Crippen LogP contribution in [0.3, 0.4) is 0 Å². The van der Waals surface area contributed by atoms with Gasteiger partial charge in [0.05, 0.1) is 24.6 Å². The number of sulfone groups is 1. The Morgan fingerprint density at radius 1 is 1.48 bits per heavy atom. The Morgan fingerprint density at radius 3 is 2.76 bits per heavy atom. The zero-order valence-electron chi connectivity index (χ0n) is 13.3. The van der Waals surface area contributed by atoms with E-state index in [0.29, 0.717) is 18.3 Å². The SMILES string of the molecule is Cc1cc(CN(C)C2CCS(=O)(=O)C2)oc1CNC(C)C. The van der Waals surface area contributed by atoms with Gasteiger partial charge < -0.3 is 9.73 Å². The van der Waals surface area contributed by atoms with E-state index in [1.165, 1.54) is 0 Å². The molecule has 1 aromatic heterocycles. The van der Waals surface area contributed by atoms with Crippen LogP contribution in [0.5, 0.6) is 0 Å². The van der Waals surface area contributed by atoms with Crippen LogP contribution in [0, 0.1) is 6.92 Å². The van der Waals surface area contributed by atoms with Crippen molar-refractivity contribution in [3.05, 3.63) is 23.2 Å². The van der Waals surface area contributed by atoms with Gasteiger partial charge in [0.15, 0.2) is 9.84 Å². The molecule has 1 N–H and O–H groups in total. The number of nitrogens with zero attached hydrogens (tertiary/aromatic N) is 1. The number of rotatable bonds is 6. The third-order valence-electron chi connectivity index (χ3n) is 3.98. The molecule has 0 amide bonds. The third kappa shape index (κ3) is 4.56. The Morgan fingerprint density at radius 2 is 2.19 bits per heavy atom. The van der Waals surface area contributed by atoms with E-state index in [9.17, 15) is 8.42 Å². The Hall–Kier alpha value is -0.850. The van der Waals surface area contributed by atoms with Crippen LogP contribution >= 0.6 is 0 Å². The third-order valence-corrected chi connectivity index (χ3v) is 5.73. The van der Waals surface area contributed by atoms with Gasteiger partial charge in [-0.15, -0.1) is 0 Å². The van der Waals surface area contributed by atoms with E-state index < -0.39 is 9.84 Å². The van der Waals surface area contributed by atoms with E-state index in [1.807, 2.05) is 14.0 Å². The minimum Gasteiger partial charge on any atom is -0.463 e. The maximum atomic E-state index is 11.5. The molecule has 120 valence electrons. The highest BCUT2D eigenvalue weighted by atomic mass is 32.2. The lowest BCUT2D eigenvalue weighted by Crippen LogP contribution is -2.31. The molecular formula is C15H26N2O3S. The van der Waals surface area contributed by atoms with Crippen LogP contribution < -0.4 is 5.32 Å². The monoisotopic (exact) mass is 314 g/mol. The smallest absolute Gasteiger partial charge is 0.151 e. The summed E-state index contributed by atoms with van der Waals surface area (Å²) in [4.78, 5) is 2.09. The molecule has 5 nitrogen and oxygen atoms in total. The van der Waals surface area contributed by atoms with Gasteiger partial charge in [-0.3, -0.25) is 4.90 Å². The van der Waals surface area contributed by atoms with Gasteiger partial charge in [-0.05, 0) is 32.0 Å². The van der Waals surface area contributed by atoms with Gasteiger partial charge in [0.1, 0.15) is 11.5 Å². The van der Waals surface area contributed by atoms with Crippen LogP contribution in [0.1, 0.15) is 37.4 Å². The highest BCUT2D eigenvalue weighted by Crippen LogP contribution is 2.21. The number of hydrogen-bond donors (Lipinski definition) is 1. The Bertz CT molecular complexity index is 578. The summed E-state index contributed by atoms with van der Waals surface area (Å²) in [7, 11) is -0.868. The van der Waals surface area contributed by atoms with Crippen molar-refractivity contribution in [2.75, 3.05) is 18.6 Å². The molecular weight excluding hydrogens is 288 g/mol. The molecule has 1 saturated heterocycles. The van der Waals surface area contributed by atoms with Crippen LogP contribution in [0.2, 0.25) is 0 Å². The molecule has 21 heavy (non-hydrogen) atoms. The first-order valence-corrected chi connectivity index (χ1v) is 9.31. The zero-order chi connectivity index (χ0) is 15.6. The molecule has 1 aliphatic heterocycles. The number of furan rings is 1. The second-order valence-corrected chi connectivity index (χ2v) is 8.56. The van der Waals surface area contributed by atoms with Gasteiger partial charge >= 0.3 is 0 Å². The number of nitrogens with one attached hydrogen (secondary N) is 1. The van der Waals surface area contributed by atoms with Gasteiger partial charge in [0.25, 0.3) is 0 Å². The molecule has 1 aliphatic rings. The van der Waals surface area contributed by atoms with Crippen LogP contribution in [-0.2, 0) is 22.9 Å². The van der Waals surface area contributed by atoms with E-state index in [2.05, 4.69) is 30.1 Å². The van der Waals surface area contributed by atoms with Crippen LogP contribution in [-0.4, -0.2) is 44.0 Å². The fourth-order valence-corrected chi connectivity index (χ4v) is 4.44. The molecule has 0 aromatic carbocycles. The lowest BCUT2D eigenvalue weighted by Gasteiger charge is -2.21. The number of aryl methyl sites for hydroxylation is 1. The average Bonchev–Trinajstić information content (AvgIpc) is 2.89. The van der Waals surface area contributed by atoms with Crippen molar-refractivity contribution >= 4 is 9.84 Å². The first kappa shape index (κ1) is 16.5. The van der Waals surface area contributed by atoms with Crippen LogP contribution in [0.4, 0.5) is 0 Å². The van der Waals surface area contributed by atoms with Gasteiger partial charge in [-0.25, -0.2) is 8.42 Å². The topological polar surface area (TPSA) is 62.6 Å². The molecule has 0 bridgehead atoms. The predicted octanol–water partition coefficient (Wildman–Crippen LogP) is 1.70. The summed E-state index contributed by atoms with van der Waals surface area (Å²) in [6, 6.07) is 2.58. The predicted molar refractivity (Wildman–Crippen MR) is 83.9 cm³/mol. The minimum absolute atomic E-state index is 0.109. The van der Waals surface area contributed by atoms with Crippen molar-refractivity contribution in [2.45, 2.75) is 52.4 Å². The molecule has 0 spiro atoms. The lowest BCUT2D eigenvalue weighted by atomic mass is 10.2. The van der Waals surface area contributed by atoms with Crippen LogP contribution in [0.25, 0.3) is 0 Å². The average molecular weight is 314 g/mol. The van der Waals surface area contributed by atoms with E-state index in [-0.39, 0.29) is 11.8 Å². The summed E-state index contributed by atoms with van der Waals surface area (Å²) in [6.07, 6.45) is 0.723. The summed E-state index contributed by atoms with van der Waals surface area (Å²) < 4.78 is 29.0. The highest BCUT2D eigenvalue weighted by molar-refractivity contribution is 7.91. The van der Waals surface area contributed by atoms with Crippen molar-refractivity contribution in [1.82, 2.24) is 10.2 Å². The van der Waals surface area contributed by atoms with Gasteiger partial charge in [-0.1, -0.05) is 13.8 Å². The summed E-state index contributed by atoms with van der Waals surface area (Å²) in [5.74, 6) is 2.44. The van der Waals surface area contributed by atoms with Crippen LogP contribution in [0.15, 0.2) is 10.5 Å². The van der Waals surface area contributed by atoms with E-state index in [4.69, 9.17) is 4.42 Å². The van der Waals surface area contributed by atoms with Crippen molar-refractivity contribution in [1.29, 1.82) is 0 Å². The molecule has 1 fully saturated rings. The van der Waals surface area contributed by atoms with E-state index >= 15 is 0 Å².